The maximum atomic E-state index is 11.6. The summed E-state index contributed by atoms with van der Waals surface area (Å²) < 4.78 is 2.51. The van der Waals surface area contributed by atoms with Crippen molar-refractivity contribution in [3.8, 4) is 0 Å². The Kier molecular flexibility index (Phi) is 2.93. The van der Waals surface area contributed by atoms with Crippen LogP contribution < -0.4 is 5.69 Å². The predicted molar refractivity (Wildman–Crippen MR) is 62.0 cm³/mol. The Morgan fingerprint density at radius 2 is 2.27 bits per heavy atom. The summed E-state index contributed by atoms with van der Waals surface area (Å²) in [7, 11) is 0. The molecule has 2 N–H and O–H groups in total. The molecule has 1 aromatic carbocycles. The van der Waals surface area contributed by atoms with Gasteiger partial charge in [0.05, 0.1) is 11.0 Å². The van der Waals surface area contributed by atoms with Crippen LogP contribution in [0.1, 0.15) is 6.42 Å². The molecule has 4 nitrogen and oxygen atoms in total. The highest BCUT2D eigenvalue weighted by Crippen LogP contribution is 2.20. The Morgan fingerprint density at radius 1 is 1.47 bits per heavy atom. The van der Waals surface area contributed by atoms with Crippen molar-refractivity contribution in [3.63, 3.8) is 0 Å². The highest BCUT2D eigenvalue weighted by atomic mass is 79.9. The molecular weight excluding hydrogens is 260 g/mol. The predicted octanol–water partition coefficient (Wildman–Crippen LogP) is 1.47. The third kappa shape index (κ3) is 1.85. The highest BCUT2D eigenvalue weighted by molar-refractivity contribution is 9.10. The van der Waals surface area contributed by atoms with Gasteiger partial charge in [-0.1, -0.05) is 6.07 Å². The van der Waals surface area contributed by atoms with Gasteiger partial charge in [0.25, 0.3) is 0 Å². The van der Waals surface area contributed by atoms with E-state index in [-0.39, 0.29) is 12.3 Å². The molecule has 0 fully saturated rings. The number of benzene rings is 1. The summed E-state index contributed by atoms with van der Waals surface area (Å²) in [5, 5.41) is 8.75. The molecule has 2 aromatic rings. The zero-order valence-electron chi connectivity index (χ0n) is 8.03. The van der Waals surface area contributed by atoms with Crippen LogP contribution in [0.2, 0.25) is 0 Å². The average Bonchev–Trinajstić information content (AvgIpc) is 2.54. The number of hydrogen-bond acceptors (Lipinski definition) is 2. The van der Waals surface area contributed by atoms with Crippen LogP contribution in [0.25, 0.3) is 11.0 Å². The van der Waals surface area contributed by atoms with Gasteiger partial charge in [0.2, 0.25) is 0 Å². The normalized spacial score (nSPS) is 11.1. The Hall–Kier alpha value is -1.07. The lowest BCUT2D eigenvalue weighted by molar-refractivity contribution is 0.280. The van der Waals surface area contributed by atoms with Gasteiger partial charge in [-0.3, -0.25) is 4.57 Å². The van der Waals surface area contributed by atoms with Gasteiger partial charge >= 0.3 is 5.69 Å². The van der Waals surface area contributed by atoms with Crippen molar-refractivity contribution in [3.05, 3.63) is 33.2 Å². The molecule has 0 aliphatic rings. The van der Waals surface area contributed by atoms with E-state index in [0.717, 1.165) is 15.5 Å². The quantitative estimate of drug-likeness (QED) is 0.888. The van der Waals surface area contributed by atoms with Gasteiger partial charge in [0.15, 0.2) is 0 Å². The summed E-state index contributed by atoms with van der Waals surface area (Å²) in [6.07, 6.45) is 0.583. The van der Waals surface area contributed by atoms with Gasteiger partial charge in [-0.15, -0.1) is 0 Å². The number of aliphatic hydroxyl groups is 1. The minimum atomic E-state index is -0.134. The first-order valence-corrected chi connectivity index (χ1v) is 5.51. The lowest BCUT2D eigenvalue weighted by atomic mass is 10.3. The monoisotopic (exact) mass is 270 g/mol. The third-order valence-electron chi connectivity index (χ3n) is 2.30. The summed E-state index contributed by atoms with van der Waals surface area (Å²) >= 11 is 3.38. The number of halogens is 1. The number of aromatic amines is 1. The van der Waals surface area contributed by atoms with Gasteiger partial charge in [0.1, 0.15) is 0 Å². The topological polar surface area (TPSA) is 58.0 Å². The number of nitrogens with one attached hydrogen (secondary N) is 1. The number of fused-ring (bicyclic) bond motifs is 1. The first kappa shape index (κ1) is 10.4. The van der Waals surface area contributed by atoms with Gasteiger partial charge in [-0.2, -0.15) is 0 Å². The number of H-pyrrole nitrogens is 1. The number of imidazole rings is 1. The van der Waals surface area contributed by atoms with Crippen molar-refractivity contribution in [2.75, 3.05) is 6.61 Å². The fourth-order valence-electron chi connectivity index (χ4n) is 1.60. The Balaban J connectivity index is 2.58. The molecule has 0 atom stereocenters. The van der Waals surface area contributed by atoms with Gasteiger partial charge in [-0.05, 0) is 34.5 Å². The second-order valence-electron chi connectivity index (χ2n) is 3.29. The lowest BCUT2D eigenvalue weighted by Gasteiger charge is -2.01. The number of hydrogen-bond donors (Lipinski definition) is 2. The zero-order valence-corrected chi connectivity index (χ0v) is 9.62. The molecule has 0 aliphatic carbocycles. The van der Waals surface area contributed by atoms with E-state index >= 15 is 0 Å². The molecule has 5 heteroatoms. The first-order valence-electron chi connectivity index (χ1n) is 4.72. The molecule has 0 aliphatic heterocycles. The second kappa shape index (κ2) is 4.20. The van der Waals surface area contributed by atoms with E-state index in [4.69, 9.17) is 5.11 Å². The van der Waals surface area contributed by atoms with Crippen LogP contribution in [0, 0.1) is 0 Å². The van der Waals surface area contributed by atoms with Crippen molar-refractivity contribution in [1.29, 1.82) is 0 Å². The molecule has 0 bridgehead atoms. The van der Waals surface area contributed by atoms with Crippen molar-refractivity contribution in [2.45, 2.75) is 13.0 Å². The summed E-state index contributed by atoms with van der Waals surface area (Å²) in [5.74, 6) is 0. The minimum absolute atomic E-state index is 0.0904. The van der Waals surface area contributed by atoms with Crippen molar-refractivity contribution in [1.82, 2.24) is 9.55 Å². The fourth-order valence-corrected chi connectivity index (χ4v) is 2.05. The number of rotatable bonds is 3. The minimum Gasteiger partial charge on any atom is -0.396 e. The molecule has 0 saturated heterocycles. The van der Waals surface area contributed by atoms with E-state index in [0.29, 0.717) is 13.0 Å². The van der Waals surface area contributed by atoms with Crippen LogP contribution in [-0.2, 0) is 6.54 Å². The van der Waals surface area contributed by atoms with Crippen LogP contribution in [-0.4, -0.2) is 21.3 Å². The molecule has 80 valence electrons. The van der Waals surface area contributed by atoms with E-state index < -0.39 is 0 Å². The summed E-state index contributed by atoms with van der Waals surface area (Å²) in [6, 6.07) is 5.65. The standard InChI is InChI=1S/C10H11BrN2O2/c11-7-3-1-4-8-9(7)12-10(15)13(8)5-2-6-14/h1,3-4,14H,2,5-6H2,(H,12,15). The highest BCUT2D eigenvalue weighted by Gasteiger charge is 2.07. The summed E-state index contributed by atoms with van der Waals surface area (Å²) in [6.45, 7) is 0.624. The first-order chi connectivity index (χ1) is 7.24. The Morgan fingerprint density at radius 3 is 3.00 bits per heavy atom. The van der Waals surface area contributed by atoms with Crippen LogP contribution in [0.15, 0.2) is 27.5 Å². The van der Waals surface area contributed by atoms with Crippen molar-refractivity contribution >= 4 is 27.0 Å². The van der Waals surface area contributed by atoms with E-state index in [1.54, 1.807) is 4.57 Å². The molecule has 15 heavy (non-hydrogen) atoms. The maximum Gasteiger partial charge on any atom is 0.326 e. The number of aryl methyl sites for hydroxylation is 1. The van der Waals surface area contributed by atoms with Crippen molar-refractivity contribution in [2.24, 2.45) is 0 Å². The molecule has 0 saturated carbocycles. The van der Waals surface area contributed by atoms with Crippen LogP contribution >= 0.6 is 15.9 Å². The average molecular weight is 271 g/mol. The van der Waals surface area contributed by atoms with Crippen LogP contribution in [0.4, 0.5) is 0 Å². The van der Waals surface area contributed by atoms with E-state index in [2.05, 4.69) is 20.9 Å². The van der Waals surface area contributed by atoms with Gasteiger partial charge < -0.3 is 10.1 Å². The number of nitrogens with zero attached hydrogens (tertiary/aromatic N) is 1. The molecule has 1 aromatic heterocycles. The molecule has 0 radical (unpaired) electrons. The fraction of sp³-hybridized carbons (Fsp3) is 0.300. The summed E-state index contributed by atoms with van der Waals surface area (Å²) in [5.41, 5.74) is 1.54. The van der Waals surface area contributed by atoms with Crippen LogP contribution in [0.5, 0.6) is 0 Å². The summed E-state index contributed by atoms with van der Waals surface area (Å²) in [4.78, 5) is 14.4. The van der Waals surface area contributed by atoms with Crippen LogP contribution in [0.3, 0.4) is 0 Å². The third-order valence-corrected chi connectivity index (χ3v) is 2.96. The number of aliphatic hydroxyl groups excluding tert-OH is 1. The molecule has 0 unspecified atom stereocenters. The SMILES string of the molecule is O=c1[nH]c2c(Br)cccc2n1CCCO. The molecular formula is C10H11BrN2O2. The van der Waals surface area contributed by atoms with E-state index in [1.807, 2.05) is 18.2 Å². The van der Waals surface area contributed by atoms with Gasteiger partial charge in [-0.25, -0.2) is 4.79 Å². The van der Waals surface area contributed by atoms with Gasteiger partial charge in [0, 0.05) is 17.6 Å². The Bertz CT molecular complexity index is 530. The molecule has 2 rings (SSSR count). The number of para-hydroxylation sites is 1. The second-order valence-corrected chi connectivity index (χ2v) is 4.15. The maximum absolute atomic E-state index is 11.6. The number of aromatic nitrogens is 2. The molecule has 0 spiro atoms. The largest absolute Gasteiger partial charge is 0.396 e. The molecule has 1 heterocycles. The smallest absolute Gasteiger partial charge is 0.326 e. The molecule has 0 amide bonds. The van der Waals surface area contributed by atoms with Crippen molar-refractivity contribution < 1.29 is 5.11 Å². The zero-order chi connectivity index (χ0) is 10.8. The van der Waals surface area contributed by atoms with E-state index in [1.165, 1.54) is 0 Å². The van der Waals surface area contributed by atoms with E-state index in [9.17, 15) is 4.79 Å². The lowest BCUT2D eigenvalue weighted by Crippen LogP contribution is -2.17. The Labute approximate surface area is 94.7 Å².